The normalized spacial score (nSPS) is 31.3. The number of carbonyl (C=O) groups is 1. The molecule has 0 aliphatic carbocycles. The summed E-state index contributed by atoms with van der Waals surface area (Å²) in [7, 11) is -4.76. The summed E-state index contributed by atoms with van der Waals surface area (Å²) < 4.78 is 26.4. The molecule has 0 spiro atoms. The van der Waals surface area contributed by atoms with Crippen LogP contribution in [0.5, 0.6) is 0 Å². The van der Waals surface area contributed by atoms with Crippen molar-refractivity contribution in [1.29, 1.82) is 0 Å². The van der Waals surface area contributed by atoms with Gasteiger partial charge in [0.15, 0.2) is 37.0 Å². The van der Waals surface area contributed by atoms with Gasteiger partial charge in [0.25, 0.3) is 0 Å². The summed E-state index contributed by atoms with van der Waals surface area (Å²) in [6.07, 6.45) is -6.46. The van der Waals surface area contributed by atoms with Gasteiger partial charge in [0.05, 0.1) is 12.6 Å². The summed E-state index contributed by atoms with van der Waals surface area (Å²) in [5.41, 5.74) is 6.05. The van der Waals surface area contributed by atoms with Crippen LogP contribution < -0.4 is 5.73 Å². The van der Waals surface area contributed by atoms with Crippen molar-refractivity contribution in [1.82, 2.24) is 19.5 Å². The minimum absolute atomic E-state index is 0.0281. The molecule has 11 atom stereocenters. The number of aliphatic hydroxyl groups excluding tert-OH is 7. The minimum atomic E-state index is -4.76. The summed E-state index contributed by atoms with van der Waals surface area (Å²) >= 11 is 0. The van der Waals surface area contributed by atoms with Crippen LogP contribution in [0.3, 0.4) is 0 Å². The van der Waals surface area contributed by atoms with Crippen molar-refractivity contribution in [3.63, 3.8) is 0 Å². The Labute approximate surface area is 208 Å². The first-order chi connectivity index (χ1) is 17.5. The fraction of sp³-hybridized carbons (Fsp3) is 0.500. The van der Waals surface area contributed by atoms with E-state index in [9.17, 15) is 45.1 Å². The van der Waals surface area contributed by atoms with Crippen LogP contribution in [0.25, 0.3) is 11.2 Å². The number of imidazole rings is 1. The van der Waals surface area contributed by atoms with Crippen LogP contribution in [0.2, 0.25) is 0 Å². The Morgan fingerprint density at radius 2 is 1.78 bits per heavy atom. The molecule has 0 amide bonds. The van der Waals surface area contributed by atoms with Crippen LogP contribution >= 0.6 is 7.14 Å². The number of nitrogen functional groups attached to an aromatic ring is 1. The second kappa shape index (κ2) is 10.5. The SMILES string of the molecule is Nc1ncnc2c1ncn2[C@@H]1O[C@H](C(O)P(=O)(C2C=CC=CO2)C(O)[C@@H](O)[C@@H](O)[C@@H](O)C=O)[C@@H](O)[C@H]1O. The van der Waals surface area contributed by atoms with Gasteiger partial charge >= 0.3 is 0 Å². The molecule has 17 heteroatoms. The Kier molecular flexibility index (Phi) is 7.75. The quantitative estimate of drug-likeness (QED) is 0.114. The third kappa shape index (κ3) is 4.56. The number of nitrogens with zero attached hydrogens (tertiary/aromatic N) is 4. The van der Waals surface area contributed by atoms with Gasteiger partial charge in [-0.25, -0.2) is 15.0 Å². The van der Waals surface area contributed by atoms with Crippen LogP contribution in [0.4, 0.5) is 5.82 Å². The molecular weight excluding hydrogens is 517 g/mol. The van der Waals surface area contributed by atoms with Gasteiger partial charge in [-0.2, -0.15) is 0 Å². The lowest BCUT2D eigenvalue weighted by molar-refractivity contribution is -0.130. The second-order valence-corrected chi connectivity index (χ2v) is 11.6. The van der Waals surface area contributed by atoms with Crippen LogP contribution in [0.1, 0.15) is 6.23 Å². The Hall–Kier alpha value is -2.79. The topological polar surface area (TPSA) is 264 Å². The third-order valence-corrected chi connectivity index (χ3v) is 9.63. The molecule has 0 saturated carbocycles. The number of carbonyl (C=O) groups excluding carboxylic acids is 1. The van der Waals surface area contributed by atoms with E-state index in [-0.39, 0.29) is 23.3 Å². The molecule has 2 aromatic rings. The van der Waals surface area contributed by atoms with Crippen LogP contribution in [0.15, 0.2) is 37.1 Å². The van der Waals surface area contributed by atoms with E-state index >= 15 is 0 Å². The van der Waals surface area contributed by atoms with E-state index in [0.29, 0.717) is 0 Å². The molecule has 0 bridgehead atoms. The van der Waals surface area contributed by atoms with Crippen LogP contribution in [0, 0.1) is 0 Å². The van der Waals surface area contributed by atoms with E-state index in [1.165, 1.54) is 29.1 Å². The number of anilines is 1. The third-order valence-electron chi connectivity index (χ3n) is 6.28. The fourth-order valence-electron chi connectivity index (χ4n) is 4.21. The van der Waals surface area contributed by atoms with Crippen LogP contribution in [-0.2, 0) is 18.8 Å². The average molecular weight is 543 g/mol. The number of nitrogens with two attached hydrogens (primary N) is 1. The van der Waals surface area contributed by atoms with E-state index < -0.39 is 67.5 Å². The van der Waals surface area contributed by atoms with E-state index in [1.807, 2.05) is 0 Å². The highest BCUT2D eigenvalue weighted by molar-refractivity contribution is 7.65. The zero-order valence-corrected chi connectivity index (χ0v) is 19.8. The molecule has 2 aromatic heterocycles. The Bertz CT molecular complexity index is 1240. The number of rotatable bonds is 9. The molecule has 1 fully saturated rings. The van der Waals surface area contributed by atoms with Gasteiger partial charge < -0.3 is 60.3 Å². The van der Waals surface area contributed by atoms with E-state index in [1.54, 1.807) is 0 Å². The summed E-state index contributed by atoms with van der Waals surface area (Å²) in [5, 5.41) is 73.6. The van der Waals surface area contributed by atoms with Crippen molar-refractivity contribution in [2.45, 2.75) is 60.4 Å². The number of fused-ring (bicyclic) bond motifs is 1. The first kappa shape index (κ1) is 27.3. The number of aldehydes is 1. The first-order valence-electron chi connectivity index (χ1n) is 10.9. The maximum Gasteiger partial charge on any atom is 0.189 e. The predicted molar refractivity (Wildman–Crippen MR) is 123 cm³/mol. The number of hydrogen-bond donors (Lipinski definition) is 8. The average Bonchev–Trinajstić information content (AvgIpc) is 3.47. The molecule has 4 heterocycles. The van der Waals surface area contributed by atoms with Gasteiger partial charge in [-0.05, 0) is 12.2 Å². The van der Waals surface area contributed by atoms with Gasteiger partial charge in [-0.3, -0.25) is 4.57 Å². The standard InChI is InChI=1S/C20H26N5O11P/c21-16-10-17(23-6-22-16)25(7-24-10)18-13(30)12(29)15(36-18)20(33)37(34,9-3-1-2-4-35-9)19(32)14(31)11(28)8(27)5-26/h1-9,11-15,18-20,27-33H,(H2,21,22,23)/t8-,9?,11-,12-,13+,14-,15-,18+,19?,20?,37?/m0/s1. The maximum absolute atomic E-state index is 14.2. The van der Waals surface area contributed by atoms with E-state index in [0.717, 1.165) is 12.6 Å². The van der Waals surface area contributed by atoms with Gasteiger partial charge in [0.2, 0.25) is 0 Å². The largest absolute Gasteiger partial charge is 0.486 e. The Morgan fingerprint density at radius 1 is 1.05 bits per heavy atom. The predicted octanol–water partition coefficient (Wildman–Crippen LogP) is -3.26. The van der Waals surface area contributed by atoms with Gasteiger partial charge in [0, 0.05) is 0 Å². The monoisotopic (exact) mass is 543 g/mol. The molecule has 16 nitrogen and oxygen atoms in total. The minimum Gasteiger partial charge on any atom is -0.486 e. The Balaban J connectivity index is 1.69. The second-order valence-electron chi connectivity index (χ2n) is 8.49. The number of aliphatic hydroxyl groups is 7. The summed E-state index contributed by atoms with van der Waals surface area (Å²) in [6, 6.07) is 0. The molecule has 2 aliphatic heterocycles. The van der Waals surface area contributed by atoms with Crippen LogP contribution in [-0.4, -0.2) is 116 Å². The number of allylic oxidation sites excluding steroid dienone is 2. The van der Waals surface area contributed by atoms with Crippen molar-refractivity contribution >= 4 is 30.4 Å². The summed E-state index contributed by atoms with van der Waals surface area (Å²) in [5.74, 6) is -6.35. The zero-order valence-electron chi connectivity index (χ0n) is 18.9. The molecule has 4 rings (SSSR count). The molecule has 9 N–H and O–H groups in total. The molecule has 37 heavy (non-hydrogen) atoms. The van der Waals surface area contributed by atoms with E-state index in [4.69, 9.17) is 15.2 Å². The smallest absolute Gasteiger partial charge is 0.189 e. The van der Waals surface area contributed by atoms with Gasteiger partial charge in [-0.15, -0.1) is 0 Å². The summed E-state index contributed by atoms with van der Waals surface area (Å²) in [4.78, 5) is 22.7. The van der Waals surface area contributed by atoms with Crippen molar-refractivity contribution in [3.8, 4) is 0 Å². The molecule has 202 valence electrons. The summed E-state index contributed by atoms with van der Waals surface area (Å²) in [6.45, 7) is 0. The highest BCUT2D eigenvalue weighted by Gasteiger charge is 2.58. The molecule has 4 unspecified atom stereocenters. The Morgan fingerprint density at radius 3 is 2.43 bits per heavy atom. The lowest BCUT2D eigenvalue weighted by atomic mass is 10.1. The molecule has 1 saturated heterocycles. The lowest BCUT2D eigenvalue weighted by Crippen LogP contribution is -2.49. The van der Waals surface area contributed by atoms with Crippen molar-refractivity contribution < 1.29 is 54.6 Å². The lowest BCUT2D eigenvalue weighted by Gasteiger charge is -2.38. The number of hydrogen-bond acceptors (Lipinski definition) is 15. The first-order valence-corrected chi connectivity index (χ1v) is 12.8. The molecule has 0 aromatic carbocycles. The fourth-order valence-corrected chi connectivity index (χ4v) is 7.11. The van der Waals surface area contributed by atoms with Crippen molar-refractivity contribution in [2.75, 3.05) is 5.73 Å². The van der Waals surface area contributed by atoms with Gasteiger partial charge in [0.1, 0.15) is 60.2 Å². The highest BCUT2D eigenvalue weighted by atomic mass is 31.2. The van der Waals surface area contributed by atoms with E-state index in [2.05, 4.69) is 15.0 Å². The van der Waals surface area contributed by atoms with Gasteiger partial charge in [-0.1, -0.05) is 6.08 Å². The molecule has 2 aliphatic rings. The molecular formula is C20H26N5O11P. The zero-order chi connectivity index (χ0) is 27.1. The number of aromatic nitrogens is 4. The van der Waals surface area contributed by atoms with Crippen molar-refractivity contribution in [2.24, 2.45) is 0 Å². The maximum atomic E-state index is 14.2. The number of ether oxygens (including phenoxy) is 2. The highest BCUT2D eigenvalue weighted by Crippen LogP contribution is 2.62. The molecule has 0 radical (unpaired) electrons. The van der Waals surface area contributed by atoms with Crippen molar-refractivity contribution in [3.05, 3.63) is 37.1 Å².